The maximum Gasteiger partial charge on any atom is 0.338 e. The molecule has 0 aliphatic carbocycles. The lowest BCUT2D eigenvalue weighted by Gasteiger charge is -2.07. The van der Waals surface area contributed by atoms with Crippen LogP contribution in [0.2, 0.25) is 39.3 Å². The van der Waals surface area contributed by atoms with Crippen molar-refractivity contribution < 1.29 is 19.1 Å². The average Bonchev–Trinajstić information content (AvgIpc) is 2.73. The predicted octanol–water partition coefficient (Wildman–Crippen LogP) is 5.16. The van der Waals surface area contributed by atoms with Gasteiger partial charge in [0, 0.05) is 11.1 Å². The highest BCUT2D eigenvalue weighted by atomic mass is 28.3. The molecule has 166 valence electrons. The summed E-state index contributed by atoms with van der Waals surface area (Å²) >= 11 is 0. The molecule has 2 aromatic rings. The van der Waals surface area contributed by atoms with E-state index in [4.69, 9.17) is 9.47 Å². The third kappa shape index (κ3) is 9.38. The van der Waals surface area contributed by atoms with Gasteiger partial charge in [-0.15, -0.1) is 11.1 Å². The Morgan fingerprint density at radius 1 is 0.625 bits per heavy atom. The normalized spacial score (nSPS) is 10.8. The molecule has 2 rings (SSSR count). The first-order chi connectivity index (χ1) is 14.9. The number of hydrogen-bond acceptors (Lipinski definition) is 4. The maximum atomic E-state index is 12.2. The second-order valence-corrected chi connectivity index (χ2v) is 18.9. The van der Waals surface area contributed by atoms with Gasteiger partial charge in [0.2, 0.25) is 0 Å². The fraction of sp³-hybridized carbons (Fsp3) is 0.308. The molecular weight excluding hydrogens is 432 g/mol. The van der Waals surface area contributed by atoms with Crippen LogP contribution < -0.4 is 0 Å². The zero-order chi connectivity index (χ0) is 23.8. The minimum Gasteiger partial charge on any atom is -0.458 e. The fourth-order valence-electron chi connectivity index (χ4n) is 2.33. The monoisotopic (exact) mass is 462 g/mol. The highest BCUT2D eigenvalue weighted by Crippen LogP contribution is 2.08. The highest BCUT2D eigenvalue weighted by Gasteiger charge is 2.11. The first kappa shape index (κ1) is 25.2. The van der Waals surface area contributed by atoms with Crippen LogP contribution in [0.4, 0.5) is 0 Å². The zero-order valence-electron chi connectivity index (χ0n) is 19.7. The summed E-state index contributed by atoms with van der Waals surface area (Å²) in [6.07, 6.45) is 0. The van der Waals surface area contributed by atoms with Gasteiger partial charge in [-0.2, -0.15) is 0 Å². The van der Waals surface area contributed by atoms with E-state index in [0.717, 1.165) is 11.1 Å². The lowest BCUT2D eigenvalue weighted by Crippen LogP contribution is -2.16. The maximum absolute atomic E-state index is 12.2. The largest absolute Gasteiger partial charge is 0.458 e. The average molecular weight is 463 g/mol. The fourth-order valence-corrected chi connectivity index (χ4v) is 3.37. The molecule has 0 spiro atoms. The van der Waals surface area contributed by atoms with E-state index in [1.54, 1.807) is 24.3 Å². The van der Waals surface area contributed by atoms with Crippen LogP contribution in [-0.2, 0) is 9.47 Å². The molecule has 6 heteroatoms. The van der Waals surface area contributed by atoms with Gasteiger partial charge in [0.05, 0.1) is 11.1 Å². The number of carbonyl (C=O) groups is 2. The topological polar surface area (TPSA) is 52.6 Å². The molecule has 0 saturated carbocycles. The molecule has 0 fully saturated rings. The van der Waals surface area contributed by atoms with E-state index in [0.29, 0.717) is 11.1 Å². The van der Waals surface area contributed by atoms with Crippen LogP contribution in [0.25, 0.3) is 0 Å². The summed E-state index contributed by atoms with van der Waals surface area (Å²) < 4.78 is 10.4. The first-order valence-electron chi connectivity index (χ1n) is 10.5. The van der Waals surface area contributed by atoms with E-state index in [1.807, 2.05) is 24.3 Å². The lowest BCUT2D eigenvalue weighted by atomic mass is 10.1. The van der Waals surface area contributed by atoms with Crippen LogP contribution in [0.5, 0.6) is 0 Å². The van der Waals surface area contributed by atoms with Crippen LogP contribution in [-0.4, -0.2) is 41.3 Å². The van der Waals surface area contributed by atoms with Crippen molar-refractivity contribution in [3.05, 3.63) is 70.8 Å². The summed E-state index contributed by atoms with van der Waals surface area (Å²) in [4.78, 5) is 24.3. The Hall–Kier alpha value is -3.07. The minimum atomic E-state index is -1.44. The number of benzene rings is 2. The second-order valence-electron chi connectivity index (χ2n) is 9.43. The van der Waals surface area contributed by atoms with Crippen molar-refractivity contribution in [1.29, 1.82) is 0 Å². The summed E-state index contributed by atoms with van der Waals surface area (Å²) in [5.74, 6) is 5.36. The molecule has 4 nitrogen and oxygen atoms in total. The first-order valence-corrected chi connectivity index (χ1v) is 17.5. The van der Waals surface area contributed by atoms with Gasteiger partial charge in [0.25, 0.3) is 0 Å². The highest BCUT2D eigenvalue weighted by molar-refractivity contribution is 6.84. The van der Waals surface area contributed by atoms with Crippen molar-refractivity contribution in [3.8, 4) is 22.9 Å². The number of hydrogen-bond donors (Lipinski definition) is 0. The van der Waals surface area contributed by atoms with Crippen molar-refractivity contribution in [2.24, 2.45) is 0 Å². The van der Waals surface area contributed by atoms with Crippen molar-refractivity contribution >= 4 is 28.1 Å². The SMILES string of the molecule is C[Si](C)(C)C#Cc1ccc(C(=O)OCCOC(=O)c2ccc(C#C[Si](C)(C)C)cc2)cc1. The Kier molecular flexibility index (Phi) is 8.66. The van der Waals surface area contributed by atoms with Gasteiger partial charge >= 0.3 is 11.9 Å². The van der Waals surface area contributed by atoms with Crippen molar-refractivity contribution in [3.63, 3.8) is 0 Å². The third-order valence-electron chi connectivity index (χ3n) is 3.95. The summed E-state index contributed by atoms with van der Waals surface area (Å²) in [7, 11) is -2.89. The molecule has 0 heterocycles. The molecule has 0 bridgehead atoms. The molecule has 0 aliphatic rings. The number of rotatable bonds is 5. The molecule has 0 saturated heterocycles. The Morgan fingerprint density at radius 3 is 1.22 bits per heavy atom. The van der Waals surface area contributed by atoms with E-state index in [1.165, 1.54) is 0 Å². The Balaban J connectivity index is 1.80. The van der Waals surface area contributed by atoms with Gasteiger partial charge in [-0.25, -0.2) is 9.59 Å². The smallest absolute Gasteiger partial charge is 0.338 e. The van der Waals surface area contributed by atoms with Gasteiger partial charge in [0.15, 0.2) is 0 Å². The molecular formula is C26H30O4Si2. The van der Waals surface area contributed by atoms with Crippen LogP contribution in [0.1, 0.15) is 31.8 Å². The molecule has 2 aromatic carbocycles. The van der Waals surface area contributed by atoms with Gasteiger partial charge in [-0.05, 0) is 48.5 Å². The molecule has 0 atom stereocenters. The van der Waals surface area contributed by atoms with Crippen LogP contribution in [0, 0.1) is 22.9 Å². The summed E-state index contributed by atoms with van der Waals surface area (Å²) in [5, 5.41) is 0. The lowest BCUT2D eigenvalue weighted by molar-refractivity contribution is 0.0265. The van der Waals surface area contributed by atoms with Gasteiger partial charge in [-0.1, -0.05) is 51.1 Å². The molecule has 0 aliphatic heterocycles. The Bertz CT molecular complexity index is 977. The van der Waals surface area contributed by atoms with Crippen LogP contribution in [0.15, 0.2) is 48.5 Å². The van der Waals surface area contributed by atoms with Crippen molar-refractivity contribution in [1.82, 2.24) is 0 Å². The molecule has 32 heavy (non-hydrogen) atoms. The number of ether oxygens (including phenoxy) is 2. The Labute approximate surface area is 193 Å². The summed E-state index contributed by atoms with van der Waals surface area (Å²) in [5.41, 5.74) is 9.19. The molecule has 0 aromatic heterocycles. The van der Waals surface area contributed by atoms with Crippen LogP contribution >= 0.6 is 0 Å². The summed E-state index contributed by atoms with van der Waals surface area (Å²) in [6.45, 7) is 13.0. The number of esters is 2. The van der Waals surface area contributed by atoms with E-state index in [-0.39, 0.29) is 13.2 Å². The zero-order valence-corrected chi connectivity index (χ0v) is 21.7. The van der Waals surface area contributed by atoms with Crippen molar-refractivity contribution in [2.45, 2.75) is 39.3 Å². The standard InChI is InChI=1S/C26H30O4Si2/c1-31(2,3)19-15-21-7-11-23(12-8-21)25(27)29-17-18-30-26(28)24-13-9-22(10-14-24)16-20-32(4,5)6/h7-14H,17-18H2,1-6H3. The minimum absolute atomic E-state index is 0.0124. The quantitative estimate of drug-likeness (QED) is 0.267. The van der Waals surface area contributed by atoms with Gasteiger partial charge in [-0.3, -0.25) is 0 Å². The van der Waals surface area contributed by atoms with E-state index in [9.17, 15) is 9.59 Å². The van der Waals surface area contributed by atoms with E-state index >= 15 is 0 Å². The van der Waals surface area contributed by atoms with Gasteiger partial charge in [0.1, 0.15) is 29.4 Å². The molecule has 0 amide bonds. The summed E-state index contributed by atoms with van der Waals surface area (Å²) in [6, 6.07) is 14.0. The van der Waals surface area contributed by atoms with E-state index < -0.39 is 28.1 Å². The van der Waals surface area contributed by atoms with Crippen LogP contribution in [0.3, 0.4) is 0 Å². The third-order valence-corrected chi connectivity index (χ3v) is 5.70. The van der Waals surface area contributed by atoms with E-state index in [2.05, 4.69) is 62.2 Å². The van der Waals surface area contributed by atoms with Crippen molar-refractivity contribution in [2.75, 3.05) is 13.2 Å². The molecule has 0 unspecified atom stereocenters. The predicted molar refractivity (Wildman–Crippen MR) is 134 cm³/mol. The molecule has 0 N–H and O–H groups in total. The Morgan fingerprint density at radius 2 is 0.938 bits per heavy atom. The number of carbonyl (C=O) groups excluding carboxylic acids is 2. The molecule has 0 radical (unpaired) electrons. The van der Waals surface area contributed by atoms with Gasteiger partial charge < -0.3 is 9.47 Å². The second kappa shape index (κ2) is 11.0.